The van der Waals surface area contributed by atoms with Crippen LogP contribution in [0.15, 0.2) is 11.1 Å². The third-order valence-corrected chi connectivity index (χ3v) is 2.25. The van der Waals surface area contributed by atoms with Gasteiger partial charge < -0.3 is 19.7 Å². The Bertz CT molecular complexity index is 370. The maximum atomic E-state index is 11.4. The van der Waals surface area contributed by atoms with E-state index in [1.54, 1.807) is 6.92 Å². The zero-order valence-electron chi connectivity index (χ0n) is 11.0. The van der Waals surface area contributed by atoms with E-state index in [0.717, 1.165) is 0 Å². The van der Waals surface area contributed by atoms with E-state index in [1.165, 1.54) is 6.92 Å². The van der Waals surface area contributed by atoms with Gasteiger partial charge in [0.15, 0.2) is 0 Å². The number of aliphatic carboxylic acids is 2. The molecule has 0 aromatic carbocycles. The molecule has 19 heavy (non-hydrogen) atoms. The van der Waals surface area contributed by atoms with Gasteiger partial charge in [-0.3, -0.25) is 4.79 Å². The molecule has 0 saturated carbocycles. The lowest BCUT2D eigenvalue weighted by Crippen LogP contribution is -2.17. The summed E-state index contributed by atoms with van der Waals surface area (Å²) in [6.45, 7) is 4.00. The second kappa shape index (κ2) is 9.09. The van der Waals surface area contributed by atoms with Gasteiger partial charge in [0.05, 0.1) is 18.6 Å². The van der Waals surface area contributed by atoms with E-state index in [0.29, 0.717) is 6.61 Å². The van der Waals surface area contributed by atoms with Crippen LogP contribution in [0.5, 0.6) is 0 Å². The van der Waals surface area contributed by atoms with Crippen LogP contribution in [-0.2, 0) is 23.9 Å². The van der Waals surface area contributed by atoms with Crippen LogP contribution in [-0.4, -0.2) is 47.9 Å². The van der Waals surface area contributed by atoms with Crippen molar-refractivity contribution >= 4 is 17.9 Å². The second-order valence-corrected chi connectivity index (χ2v) is 3.52. The molecule has 0 spiro atoms. The quantitative estimate of drug-likeness (QED) is 0.364. The topological polar surface area (TPSA) is 110 Å². The van der Waals surface area contributed by atoms with E-state index in [2.05, 4.69) is 0 Å². The molecule has 0 aliphatic heterocycles. The molecule has 0 aliphatic carbocycles. The van der Waals surface area contributed by atoms with E-state index in [1.807, 2.05) is 0 Å². The van der Waals surface area contributed by atoms with Crippen LogP contribution >= 0.6 is 0 Å². The third-order valence-electron chi connectivity index (χ3n) is 2.25. The van der Waals surface area contributed by atoms with E-state index in [4.69, 9.17) is 19.7 Å². The van der Waals surface area contributed by atoms with Crippen LogP contribution < -0.4 is 0 Å². The van der Waals surface area contributed by atoms with Gasteiger partial charge in [-0.05, 0) is 13.3 Å². The van der Waals surface area contributed by atoms with Crippen molar-refractivity contribution in [3.8, 4) is 0 Å². The highest BCUT2D eigenvalue weighted by Crippen LogP contribution is 2.14. The highest BCUT2D eigenvalue weighted by molar-refractivity contribution is 6.01. The van der Waals surface area contributed by atoms with Gasteiger partial charge in [-0.2, -0.15) is 0 Å². The minimum atomic E-state index is -1.43. The van der Waals surface area contributed by atoms with Crippen molar-refractivity contribution in [3.05, 3.63) is 11.1 Å². The summed E-state index contributed by atoms with van der Waals surface area (Å²) >= 11 is 0. The zero-order valence-corrected chi connectivity index (χ0v) is 11.0. The number of carbonyl (C=O) groups excluding carboxylic acids is 1. The molecule has 0 aliphatic rings. The summed E-state index contributed by atoms with van der Waals surface area (Å²) in [6.07, 6.45) is -0.555. The average molecular weight is 274 g/mol. The van der Waals surface area contributed by atoms with Crippen molar-refractivity contribution in [2.75, 3.05) is 19.8 Å². The van der Waals surface area contributed by atoms with Crippen molar-refractivity contribution in [2.45, 2.75) is 26.7 Å². The molecule has 0 heterocycles. The molecule has 7 heteroatoms. The highest BCUT2D eigenvalue weighted by Gasteiger charge is 2.22. The fourth-order valence-corrected chi connectivity index (χ4v) is 1.36. The van der Waals surface area contributed by atoms with E-state index < -0.39 is 29.9 Å². The molecule has 108 valence electrons. The number of carboxylic acids is 2. The summed E-state index contributed by atoms with van der Waals surface area (Å²) in [4.78, 5) is 33.2. The van der Waals surface area contributed by atoms with Crippen LogP contribution in [0, 0.1) is 0 Å². The molecule has 0 radical (unpaired) electrons. The Balaban J connectivity index is 4.64. The maximum Gasteiger partial charge on any atom is 0.332 e. The Morgan fingerprint density at radius 1 is 0.947 bits per heavy atom. The van der Waals surface area contributed by atoms with Crippen molar-refractivity contribution in [1.82, 2.24) is 0 Å². The van der Waals surface area contributed by atoms with E-state index in [-0.39, 0.29) is 25.2 Å². The molecule has 0 amide bonds. The van der Waals surface area contributed by atoms with Crippen molar-refractivity contribution in [1.29, 1.82) is 0 Å². The first-order chi connectivity index (χ1) is 8.93. The number of carbonyl (C=O) groups is 3. The first kappa shape index (κ1) is 17.1. The standard InChI is InChI=1S/C12H18O7/c1-3-8(11(14)15)9(12(16)17)7-10(13)19-6-5-18-4-2/h3-7H2,1-2H3,(H,14,15)(H,16,17). The SMILES string of the molecule is CCOCCOC(=O)CC(C(=O)O)=C(CC)C(=O)O. The Morgan fingerprint density at radius 2 is 1.53 bits per heavy atom. The molecular formula is C12H18O7. The van der Waals surface area contributed by atoms with Gasteiger partial charge >= 0.3 is 17.9 Å². The van der Waals surface area contributed by atoms with Crippen LogP contribution in [0.1, 0.15) is 26.7 Å². The van der Waals surface area contributed by atoms with Crippen molar-refractivity contribution in [2.24, 2.45) is 0 Å². The van der Waals surface area contributed by atoms with Gasteiger partial charge in [-0.1, -0.05) is 6.92 Å². The van der Waals surface area contributed by atoms with Gasteiger partial charge in [-0.15, -0.1) is 0 Å². The predicted octanol–water partition coefficient (Wildman–Crippen LogP) is 0.832. The summed E-state index contributed by atoms with van der Waals surface area (Å²) in [5, 5.41) is 17.8. The fraction of sp³-hybridized carbons (Fsp3) is 0.583. The Morgan fingerprint density at radius 3 is 1.95 bits per heavy atom. The first-order valence-electron chi connectivity index (χ1n) is 5.85. The summed E-state index contributed by atoms with van der Waals surface area (Å²) in [6, 6.07) is 0. The number of esters is 1. The molecule has 7 nitrogen and oxygen atoms in total. The largest absolute Gasteiger partial charge is 0.478 e. The Hall–Kier alpha value is -1.89. The molecule has 0 aromatic rings. The molecule has 0 fully saturated rings. The molecule has 0 unspecified atom stereocenters. The lowest BCUT2D eigenvalue weighted by Gasteiger charge is -2.08. The van der Waals surface area contributed by atoms with Gasteiger partial charge in [0.1, 0.15) is 6.61 Å². The normalized spacial score (nSPS) is 11.7. The van der Waals surface area contributed by atoms with Crippen molar-refractivity contribution in [3.63, 3.8) is 0 Å². The Kier molecular flexibility index (Phi) is 8.19. The summed E-state index contributed by atoms with van der Waals surface area (Å²) in [5.41, 5.74) is -0.745. The predicted molar refractivity (Wildman–Crippen MR) is 64.7 cm³/mol. The molecule has 2 N–H and O–H groups in total. The number of ether oxygens (including phenoxy) is 2. The minimum absolute atomic E-state index is 0.00804. The molecule has 0 saturated heterocycles. The van der Waals surface area contributed by atoms with E-state index >= 15 is 0 Å². The maximum absolute atomic E-state index is 11.4. The smallest absolute Gasteiger partial charge is 0.332 e. The van der Waals surface area contributed by atoms with Crippen LogP contribution in [0.3, 0.4) is 0 Å². The minimum Gasteiger partial charge on any atom is -0.478 e. The number of hydrogen-bond acceptors (Lipinski definition) is 5. The molecule has 0 rings (SSSR count). The zero-order chi connectivity index (χ0) is 14.8. The molecule has 0 aromatic heterocycles. The van der Waals surface area contributed by atoms with E-state index in [9.17, 15) is 14.4 Å². The first-order valence-corrected chi connectivity index (χ1v) is 5.85. The Labute approximate surface area is 110 Å². The van der Waals surface area contributed by atoms with Gasteiger partial charge in [0.25, 0.3) is 0 Å². The van der Waals surface area contributed by atoms with Crippen LogP contribution in [0.4, 0.5) is 0 Å². The van der Waals surface area contributed by atoms with Gasteiger partial charge in [0.2, 0.25) is 0 Å². The average Bonchev–Trinajstić information content (AvgIpc) is 2.33. The van der Waals surface area contributed by atoms with Crippen LogP contribution in [0.25, 0.3) is 0 Å². The number of hydrogen-bond donors (Lipinski definition) is 2. The monoisotopic (exact) mass is 274 g/mol. The summed E-state index contributed by atoms with van der Waals surface area (Å²) in [7, 11) is 0. The third kappa shape index (κ3) is 6.56. The number of carboxylic acid groups (broad SMARTS) is 2. The second-order valence-electron chi connectivity index (χ2n) is 3.52. The lowest BCUT2D eigenvalue weighted by molar-refractivity contribution is -0.146. The van der Waals surface area contributed by atoms with Crippen LogP contribution in [0.2, 0.25) is 0 Å². The van der Waals surface area contributed by atoms with Gasteiger partial charge in [-0.25, -0.2) is 9.59 Å². The fourth-order valence-electron chi connectivity index (χ4n) is 1.36. The molecule has 0 bridgehead atoms. The highest BCUT2D eigenvalue weighted by atomic mass is 16.6. The number of rotatable bonds is 9. The summed E-state index contributed by atoms with van der Waals surface area (Å²) < 4.78 is 9.69. The molecule has 0 atom stereocenters. The lowest BCUT2D eigenvalue weighted by atomic mass is 10.0. The summed E-state index contributed by atoms with van der Waals surface area (Å²) in [5.74, 6) is -3.56. The molecular weight excluding hydrogens is 256 g/mol. The van der Waals surface area contributed by atoms with Crippen molar-refractivity contribution < 1.29 is 34.1 Å². The van der Waals surface area contributed by atoms with Gasteiger partial charge in [0, 0.05) is 12.2 Å².